The molecule has 0 fully saturated rings. The summed E-state index contributed by atoms with van der Waals surface area (Å²) in [6.07, 6.45) is 10.8. The molecule has 0 aliphatic rings. The zero-order valence-electron chi connectivity index (χ0n) is 10.7. The first kappa shape index (κ1) is 13.7. The lowest BCUT2D eigenvalue weighted by Gasteiger charge is -1.97. The van der Waals surface area contributed by atoms with E-state index in [4.69, 9.17) is 0 Å². The molecule has 0 aromatic heterocycles. The van der Waals surface area contributed by atoms with Gasteiger partial charge in [-0.2, -0.15) is 0 Å². The summed E-state index contributed by atoms with van der Waals surface area (Å²) >= 11 is 0. The number of hydrogen-bond acceptors (Lipinski definition) is 1. The van der Waals surface area contributed by atoms with Gasteiger partial charge in [0, 0.05) is 12.0 Å². The van der Waals surface area contributed by atoms with Gasteiger partial charge in [0.25, 0.3) is 0 Å². The predicted octanol–water partition coefficient (Wildman–Crippen LogP) is 4.79. The van der Waals surface area contributed by atoms with E-state index in [1.165, 1.54) is 19.3 Å². The second kappa shape index (κ2) is 8.74. The van der Waals surface area contributed by atoms with Crippen LogP contribution in [0.25, 0.3) is 0 Å². The van der Waals surface area contributed by atoms with E-state index >= 15 is 0 Å². The van der Waals surface area contributed by atoms with E-state index in [1.807, 2.05) is 30.3 Å². The maximum absolute atomic E-state index is 11.7. The molecule has 1 aromatic carbocycles. The Kier molecular flexibility index (Phi) is 7.04. The summed E-state index contributed by atoms with van der Waals surface area (Å²) in [7, 11) is 0. The molecule has 0 atom stereocenters. The van der Waals surface area contributed by atoms with Gasteiger partial charge in [0.2, 0.25) is 0 Å². The molecule has 0 bridgehead atoms. The molecule has 0 N–H and O–H groups in total. The minimum absolute atomic E-state index is 0.240. The molecule has 0 spiro atoms. The second-order valence-corrected chi connectivity index (χ2v) is 4.30. The fourth-order valence-electron chi connectivity index (χ4n) is 1.73. The van der Waals surface area contributed by atoms with E-state index in [0.717, 1.165) is 18.4 Å². The van der Waals surface area contributed by atoms with Crippen molar-refractivity contribution in [3.05, 3.63) is 48.0 Å². The van der Waals surface area contributed by atoms with Crippen LogP contribution in [-0.2, 0) is 0 Å². The molecule has 0 aliphatic carbocycles. The summed E-state index contributed by atoms with van der Waals surface area (Å²) in [5.41, 5.74) is 0.826. The van der Waals surface area contributed by atoms with Crippen LogP contribution in [0.3, 0.4) is 0 Å². The number of hydrogen-bond donors (Lipinski definition) is 0. The summed E-state index contributed by atoms with van der Waals surface area (Å²) in [6.45, 7) is 2.21. The van der Waals surface area contributed by atoms with Gasteiger partial charge >= 0.3 is 0 Å². The highest BCUT2D eigenvalue weighted by Crippen LogP contribution is 2.06. The van der Waals surface area contributed by atoms with Gasteiger partial charge < -0.3 is 0 Å². The smallest absolute Gasteiger partial charge is 0.163 e. The summed E-state index contributed by atoms with van der Waals surface area (Å²) in [6, 6.07) is 9.52. The van der Waals surface area contributed by atoms with Gasteiger partial charge in [-0.15, -0.1) is 0 Å². The quantitative estimate of drug-likeness (QED) is 0.356. The van der Waals surface area contributed by atoms with Crippen molar-refractivity contribution >= 4 is 5.78 Å². The third-order valence-corrected chi connectivity index (χ3v) is 2.77. The highest BCUT2D eigenvalue weighted by atomic mass is 16.1. The molecule has 0 aliphatic heterocycles. The van der Waals surface area contributed by atoms with Gasteiger partial charge in [-0.05, 0) is 19.3 Å². The summed E-state index contributed by atoms with van der Waals surface area (Å²) < 4.78 is 0. The Balaban J connectivity index is 2.16. The molecule has 1 rings (SSSR count). The summed E-state index contributed by atoms with van der Waals surface area (Å²) in [4.78, 5) is 11.7. The first-order valence-electron chi connectivity index (χ1n) is 6.58. The number of unbranched alkanes of at least 4 members (excludes halogenated alkanes) is 3. The Morgan fingerprint density at radius 3 is 2.47 bits per heavy atom. The molecular weight excluding hydrogens is 208 g/mol. The Bertz CT molecular complexity index is 338. The molecule has 1 heteroatoms. The standard InChI is InChI=1S/C16H22O/c1-2-3-4-5-6-7-11-14-16(17)15-12-9-8-10-13-15/h6-10,12-13H,2-5,11,14H2,1H3. The van der Waals surface area contributed by atoms with Gasteiger partial charge in [-0.3, -0.25) is 4.79 Å². The molecule has 17 heavy (non-hydrogen) atoms. The zero-order chi connectivity index (χ0) is 12.3. The van der Waals surface area contributed by atoms with Crippen molar-refractivity contribution in [2.45, 2.75) is 45.4 Å². The van der Waals surface area contributed by atoms with Crippen LogP contribution in [0.5, 0.6) is 0 Å². The van der Waals surface area contributed by atoms with E-state index in [-0.39, 0.29) is 5.78 Å². The monoisotopic (exact) mass is 230 g/mol. The van der Waals surface area contributed by atoms with Crippen LogP contribution in [-0.4, -0.2) is 5.78 Å². The average Bonchev–Trinajstić information content (AvgIpc) is 2.38. The maximum Gasteiger partial charge on any atom is 0.163 e. The van der Waals surface area contributed by atoms with Crippen molar-refractivity contribution in [3.8, 4) is 0 Å². The molecule has 0 heterocycles. The number of carbonyl (C=O) groups is 1. The highest BCUT2D eigenvalue weighted by Gasteiger charge is 2.02. The van der Waals surface area contributed by atoms with Crippen LogP contribution in [0.1, 0.15) is 55.8 Å². The maximum atomic E-state index is 11.7. The Hall–Kier alpha value is -1.37. The van der Waals surface area contributed by atoms with Gasteiger partial charge in [-0.25, -0.2) is 0 Å². The fraction of sp³-hybridized carbons (Fsp3) is 0.438. The Labute approximate surface area is 105 Å². The van der Waals surface area contributed by atoms with E-state index < -0.39 is 0 Å². The van der Waals surface area contributed by atoms with E-state index in [0.29, 0.717) is 6.42 Å². The topological polar surface area (TPSA) is 17.1 Å². The molecule has 1 aromatic rings. The lowest BCUT2D eigenvalue weighted by molar-refractivity contribution is 0.0983. The molecule has 0 saturated carbocycles. The van der Waals surface area contributed by atoms with Crippen LogP contribution in [0, 0.1) is 0 Å². The van der Waals surface area contributed by atoms with E-state index in [2.05, 4.69) is 19.1 Å². The number of allylic oxidation sites excluding steroid dienone is 2. The first-order chi connectivity index (χ1) is 8.34. The normalized spacial score (nSPS) is 10.9. The number of rotatable bonds is 8. The average molecular weight is 230 g/mol. The minimum Gasteiger partial charge on any atom is -0.294 e. The molecular formula is C16H22O. The number of carbonyl (C=O) groups excluding carboxylic acids is 1. The zero-order valence-corrected chi connectivity index (χ0v) is 10.7. The van der Waals surface area contributed by atoms with Crippen LogP contribution in [0.4, 0.5) is 0 Å². The summed E-state index contributed by atoms with van der Waals surface area (Å²) in [5, 5.41) is 0. The molecule has 0 radical (unpaired) electrons. The number of benzene rings is 1. The van der Waals surface area contributed by atoms with Gasteiger partial charge in [0.05, 0.1) is 0 Å². The van der Waals surface area contributed by atoms with Crippen LogP contribution in [0.15, 0.2) is 42.5 Å². The molecule has 0 unspecified atom stereocenters. The van der Waals surface area contributed by atoms with Crippen molar-refractivity contribution in [3.63, 3.8) is 0 Å². The first-order valence-corrected chi connectivity index (χ1v) is 6.58. The molecule has 92 valence electrons. The van der Waals surface area contributed by atoms with Crippen molar-refractivity contribution < 1.29 is 4.79 Å². The van der Waals surface area contributed by atoms with Crippen LogP contribution in [0.2, 0.25) is 0 Å². The largest absolute Gasteiger partial charge is 0.294 e. The highest BCUT2D eigenvalue weighted by molar-refractivity contribution is 5.96. The van der Waals surface area contributed by atoms with Gasteiger partial charge in [-0.1, -0.05) is 62.2 Å². The lowest BCUT2D eigenvalue weighted by Crippen LogP contribution is -1.97. The lowest BCUT2D eigenvalue weighted by atomic mass is 10.1. The van der Waals surface area contributed by atoms with Crippen molar-refractivity contribution in [2.24, 2.45) is 0 Å². The predicted molar refractivity (Wildman–Crippen MR) is 73.3 cm³/mol. The van der Waals surface area contributed by atoms with Gasteiger partial charge in [0.1, 0.15) is 0 Å². The van der Waals surface area contributed by atoms with Crippen molar-refractivity contribution in [1.82, 2.24) is 0 Å². The number of Topliss-reactive ketones (excluding diaryl/α,β-unsaturated/α-hetero) is 1. The van der Waals surface area contributed by atoms with E-state index in [9.17, 15) is 4.79 Å². The van der Waals surface area contributed by atoms with Crippen molar-refractivity contribution in [2.75, 3.05) is 0 Å². The minimum atomic E-state index is 0.240. The third kappa shape index (κ3) is 6.06. The fourth-order valence-corrected chi connectivity index (χ4v) is 1.73. The number of ketones is 1. The molecule has 0 amide bonds. The van der Waals surface area contributed by atoms with Gasteiger partial charge in [0.15, 0.2) is 5.78 Å². The Morgan fingerprint density at radius 1 is 1.06 bits per heavy atom. The van der Waals surface area contributed by atoms with E-state index in [1.54, 1.807) is 0 Å². The molecule has 1 nitrogen and oxygen atoms in total. The third-order valence-electron chi connectivity index (χ3n) is 2.77. The SMILES string of the molecule is CCCCCC=CCCC(=O)c1ccccc1. The van der Waals surface area contributed by atoms with Crippen LogP contribution >= 0.6 is 0 Å². The summed E-state index contributed by atoms with van der Waals surface area (Å²) in [5.74, 6) is 0.240. The second-order valence-electron chi connectivity index (χ2n) is 4.30. The van der Waals surface area contributed by atoms with Crippen LogP contribution < -0.4 is 0 Å². The molecule has 0 saturated heterocycles. The van der Waals surface area contributed by atoms with Crippen molar-refractivity contribution in [1.29, 1.82) is 0 Å². The Morgan fingerprint density at radius 2 is 1.76 bits per heavy atom.